The van der Waals surface area contributed by atoms with Gasteiger partial charge in [-0.05, 0) is 43.0 Å². The maximum Gasteiger partial charge on any atom is 0.0571 e. The van der Waals surface area contributed by atoms with Crippen LogP contribution in [0.1, 0.15) is 29.9 Å². The average molecular weight is 226 g/mol. The fourth-order valence-corrected chi connectivity index (χ4v) is 2.28. The van der Waals surface area contributed by atoms with Crippen LogP contribution in [-0.2, 0) is 4.74 Å². The summed E-state index contributed by atoms with van der Waals surface area (Å²) < 4.78 is 5.37. The van der Waals surface area contributed by atoms with E-state index in [1.807, 2.05) is 6.07 Å². The topological polar surface area (TPSA) is 9.23 Å². The van der Waals surface area contributed by atoms with Crippen LogP contribution in [0, 0.1) is 19.1 Å². The Balaban J connectivity index is 2.32. The molecule has 1 aliphatic carbocycles. The van der Waals surface area contributed by atoms with Gasteiger partial charge >= 0.3 is 0 Å². The largest absolute Gasteiger partial charge is 0.384 e. The summed E-state index contributed by atoms with van der Waals surface area (Å²) in [5.41, 5.74) is 3.82. The van der Waals surface area contributed by atoms with Gasteiger partial charge in [-0.25, -0.2) is 0 Å². The van der Waals surface area contributed by atoms with Crippen LogP contribution in [0.25, 0.3) is 0 Å². The van der Waals surface area contributed by atoms with Crippen molar-refractivity contribution >= 4 is 0 Å². The highest BCUT2D eigenvalue weighted by atomic mass is 16.5. The Morgan fingerprint density at radius 1 is 1.41 bits per heavy atom. The van der Waals surface area contributed by atoms with Crippen molar-refractivity contribution in [3.8, 4) is 0 Å². The van der Waals surface area contributed by atoms with Crippen molar-refractivity contribution in [2.75, 3.05) is 13.7 Å². The molecule has 1 unspecified atom stereocenters. The van der Waals surface area contributed by atoms with Crippen LogP contribution < -0.4 is 0 Å². The first-order valence-corrected chi connectivity index (χ1v) is 6.07. The first-order valence-electron chi connectivity index (χ1n) is 6.07. The molecule has 1 aromatic rings. The molecule has 2 rings (SSSR count). The number of hydrogen-bond donors (Lipinski definition) is 0. The summed E-state index contributed by atoms with van der Waals surface area (Å²) in [5, 5.41) is 0. The SMILES string of the molecule is COCC(C1=CCCC=C1)c1ccc#cc1C. The lowest BCUT2D eigenvalue weighted by Crippen LogP contribution is -2.10. The lowest BCUT2D eigenvalue weighted by atomic mass is 9.87. The predicted molar refractivity (Wildman–Crippen MR) is 69.9 cm³/mol. The molecule has 1 aromatic carbocycles. The number of ether oxygens (including phenoxy) is 1. The van der Waals surface area contributed by atoms with E-state index in [0.29, 0.717) is 5.92 Å². The average Bonchev–Trinajstić information content (AvgIpc) is 2.38. The predicted octanol–water partition coefficient (Wildman–Crippen LogP) is 3.60. The van der Waals surface area contributed by atoms with Crippen LogP contribution in [0.15, 0.2) is 35.9 Å². The molecule has 17 heavy (non-hydrogen) atoms. The summed E-state index contributed by atoms with van der Waals surface area (Å²) in [6, 6.07) is 10.2. The maximum absolute atomic E-state index is 5.37. The molecule has 0 bridgehead atoms. The molecule has 0 radical (unpaired) electrons. The Kier molecular flexibility index (Phi) is 4.01. The van der Waals surface area contributed by atoms with E-state index in [1.165, 1.54) is 11.1 Å². The fourth-order valence-electron chi connectivity index (χ4n) is 2.28. The smallest absolute Gasteiger partial charge is 0.0571 e. The van der Waals surface area contributed by atoms with Gasteiger partial charge in [0.15, 0.2) is 0 Å². The van der Waals surface area contributed by atoms with Crippen LogP contribution in [0.4, 0.5) is 0 Å². The van der Waals surface area contributed by atoms with E-state index in [9.17, 15) is 0 Å². The first-order chi connectivity index (χ1) is 8.33. The normalized spacial score (nSPS) is 16.2. The molecule has 1 nitrogen and oxygen atoms in total. The van der Waals surface area contributed by atoms with Crippen LogP contribution in [-0.4, -0.2) is 13.7 Å². The van der Waals surface area contributed by atoms with Crippen LogP contribution in [0.2, 0.25) is 0 Å². The highest BCUT2D eigenvalue weighted by molar-refractivity contribution is 5.39. The van der Waals surface area contributed by atoms with Crippen molar-refractivity contribution in [2.24, 2.45) is 0 Å². The Morgan fingerprint density at radius 2 is 2.29 bits per heavy atom. The third-order valence-electron chi connectivity index (χ3n) is 3.17. The Labute approximate surface area is 104 Å². The van der Waals surface area contributed by atoms with Crippen molar-refractivity contribution < 1.29 is 4.74 Å². The van der Waals surface area contributed by atoms with Crippen LogP contribution in [0.5, 0.6) is 0 Å². The van der Waals surface area contributed by atoms with Crippen molar-refractivity contribution in [1.82, 2.24) is 0 Å². The molecule has 0 spiro atoms. The minimum atomic E-state index is 0.322. The molecule has 0 heterocycles. The van der Waals surface area contributed by atoms with E-state index in [2.05, 4.69) is 43.4 Å². The summed E-state index contributed by atoms with van der Waals surface area (Å²) in [5.74, 6) is 0.322. The van der Waals surface area contributed by atoms with Gasteiger partial charge in [0.2, 0.25) is 0 Å². The van der Waals surface area contributed by atoms with Crippen molar-refractivity contribution in [3.05, 3.63) is 59.2 Å². The third kappa shape index (κ3) is 2.78. The zero-order valence-electron chi connectivity index (χ0n) is 10.5. The third-order valence-corrected chi connectivity index (χ3v) is 3.17. The van der Waals surface area contributed by atoms with Gasteiger partial charge in [0.25, 0.3) is 0 Å². The standard InChI is InChI=1S/C16H18O/c1-13-8-6-7-11-15(13)16(12-17-2)14-9-4-3-5-10-14/h4,7,9-11,16H,3,5,12H2,1-2H3. The first kappa shape index (κ1) is 12.0. The Bertz CT molecular complexity index is 429. The maximum atomic E-state index is 5.37. The second-order valence-electron chi connectivity index (χ2n) is 4.37. The van der Waals surface area contributed by atoms with E-state index >= 15 is 0 Å². The summed E-state index contributed by atoms with van der Waals surface area (Å²) >= 11 is 0. The number of rotatable bonds is 4. The number of hydrogen-bond acceptors (Lipinski definition) is 1. The number of allylic oxidation sites excluding steroid dienone is 3. The van der Waals surface area contributed by atoms with E-state index < -0.39 is 0 Å². The van der Waals surface area contributed by atoms with Gasteiger partial charge in [-0.3, -0.25) is 0 Å². The highest BCUT2D eigenvalue weighted by Gasteiger charge is 2.17. The van der Waals surface area contributed by atoms with E-state index in [0.717, 1.165) is 25.0 Å². The second-order valence-corrected chi connectivity index (χ2v) is 4.37. The molecule has 88 valence electrons. The lowest BCUT2D eigenvalue weighted by Gasteiger charge is -2.20. The second kappa shape index (κ2) is 5.70. The molecular weight excluding hydrogens is 208 g/mol. The van der Waals surface area contributed by atoms with Gasteiger partial charge in [-0.2, -0.15) is 0 Å². The molecule has 0 amide bonds. The molecule has 0 saturated heterocycles. The minimum Gasteiger partial charge on any atom is -0.384 e. The molecule has 0 aliphatic heterocycles. The summed E-state index contributed by atoms with van der Waals surface area (Å²) in [7, 11) is 1.76. The summed E-state index contributed by atoms with van der Waals surface area (Å²) in [6.07, 6.45) is 9.07. The molecule has 0 N–H and O–H groups in total. The Morgan fingerprint density at radius 3 is 2.94 bits per heavy atom. The van der Waals surface area contributed by atoms with Gasteiger partial charge < -0.3 is 4.74 Å². The Hall–Kier alpha value is -1.52. The zero-order chi connectivity index (χ0) is 12.1. The fraction of sp³-hybridized carbons (Fsp3) is 0.375. The van der Waals surface area contributed by atoms with E-state index in [-0.39, 0.29) is 0 Å². The molecule has 0 aromatic heterocycles. The van der Waals surface area contributed by atoms with E-state index in [4.69, 9.17) is 4.74 Å². The van der Waals surface area contributed by atoms with Gasteiger partial charge in [-0.1, -0.05) is 30.4 Å². The quantitative estimate of drug-likeness (QED) is 0.762. The molecule has 0 fully saturated rings. The molecule has 1 atom stereocenters. The van der Waals surface area contributed by atoms with Gasteiger partial charge in [0.05, 0.1) is 6.61 Å². The van der Waals surface area contributed by atoms with Gasteiger partial charge in [0.1, 0.15) is 0 Å². The monoisotopic (exact) mass is 226 g/mol. The summed E-state index contributed by atoms with van der Waals surface area (Å²) in [6.45, 7) is 2.80. The summed E-state index contributed by atoms with van der Waals surface area (Å²) in [4.78, 5) is 0. The van der Waals surface area contributed by atoms with Crippen LogP contribution >= 0.6 is 0 Å². The lowest BCUT2D eigenvalue weighted by molar-refractivity contribution is 0.189. The van der Waals surface area contributed by atoms with Gasteiger partial charge in [0, 0.05) is 18.6 Å². The van der Waals surface area contributed by atoms with Crippen molar-refractivity contribution in [2.45, 2.75) is 25.7 Å². The van der Waals surface area contributed by atoms with Crippen LogP contribution in [0.3, 0.4) is 0 Å². The molecular formula is C16H18O. The van der Waals surface area contributed by atoms with Crippen molar-refractivity contribution in [1.29, 1.82) is 0 Å². The minimum absolute atomic E-state index is 0.322. The van der Waals surface area contributed by atoms with Gasteiger partial charge in [-0.15, -0.1) is 0 Å². The van der Waals surface area contributed by atoms with E-state index in [1.54, 1.807) is 7.11 Å². The molecule has 0 saturated carbocycles. The highest BCUT2D eigenvalue weighted by Crippen LogP contribution is 2.29. The molecule has 1 aliphatic rings. The van der Waals surface area contributed by atoms with Crippen molar-refractivity contribution in [3.63, 3.8) is 0 Å². The zero-order valence-corrected chi connectivity index (χ0v) is 10.5. The molecule has 1 heteroatoms. The number of methoxy groups -OCH3 is 1.